The van der Waals surface area contributed by atoms with E-state index < -0.39 is 6.04 Å². The first kappa shape index (κ1) is 16.9. The third-order valence-corrected chi connectivity index (χ3v) is 4.49. The number of amides is 1. The average Bonchev–Trinajstić information content (AvgIpc) is 3.02. The molecule has 1 atom stereocenters. The fourth-order valence-corrected chi connectivity index (χ4v) is 3.04. The monoisotopic (exact) mass is 337 g/mol. The summed E-state index contributed by atoms with van der Waals surface area (Å²) in [4.78, 5) is 24.6. The van der Waals surface area contributed by atoms with Crippen LogP contribution in [0.2, 0.25) is 0 Å². The fourth-order valence-electron chi connectivity index (χ4n) is 1.75. The number of carbonyl (C=O) groups is 1. The Balaban J connectivity index is 1.78. The van der Waals surface area contributed by atoms with Gasteiger partial charge in [-0.15, -0.1) is 11.3 Å². The second kappa shape index (κ2) is 8.82. The van der Waals surface area contributed by atoms with Gasteiger partial charge in [0.1, 0.15) is 0 Å². The lowest BCUT2D eigenvalue weighted by atomic mass is 10.2. The molecule has 0 fully saturated rings. The number of nitrogens with two attached hydrogens (primary N) is 1. The Bertz CT molecular complexity index is 590. The molecule has 0 unspecified atom stereocenters. The Hall–Kier alpha value is -1.51. The zero-order chi connectivity index (χ0) is 15.8. The molecular weight excluding hydrogens is 318 g/mol. The molecule has 2 heterocycles. The smallest absolute Gasteiger partial charge is 0.236 e. The van der Waals surface area contributed by atoms with E-state index in [-0.39, 0.29) is 5.91 Å². The highest BCUT2D eigenvalue weighted by molar-refractivity contribution is 7.98. The van der Waals surface area contributed by atoms with Gasteiger partial charge in [0.25, 0.3) is 0 Å². The summed E-state index contributed by atoms with van der Waals surface area (Å²) in [6, 6.07) is 1.34. The number of thioether (sulfide) groups is 1. The maximum atomic E-state index is 11.8. The van der Waals surface area contributed by atoms with Crippen LogP contribution in [0.4, 0.5) is 0 Å². The average molecular weight is 337 g/mol. The Labute approximate surface area is 138 Å². The predicted molar refractivity (Wildman–Crippen MR) is 90.8 cm³/mol. The van der Waals surface area contributed by atoms with Crippen molar-refractivity contribution in [1.29, 1.82) is 0 Å². The van der Waals surface area contributed by atoms with Crippen molar-refractivity contribution in [2.75, 3.05) is 18.6 Å². The van der Waals surface area contributed by atoms with Gasteiger partial charge in [-0.2, -0.15) is 11.8 Å². The summed E-state index contributed by atoms with van der Waals surface area (Å²) in [6.45, 7) is 0.532. The normalized spacial score (nSPS) is 12.1. The second-order valence-corrected chi connectivity index (χ2v) is 6.49. The topological polar surface area (TPSA) is 93.8 Å². The molecule has 8 heteroatoms. The predicted octanol–water partition coefficient (Wildman–Crippen LogP) is 1.34. The van der Waals surface area contributed by atoms with Gasteiger partial charge in [-0.1, -0.05) is 0 Å². The van der Waals surface area contributed by atoms with E-state index >= 15 is 0 Å². The Morgan fingerprint density at radius 3 is 2.95 bits per heavy atom. The minimum Gasteiger partial charge on any atom is -0.354 e. The summed E-state index contributed by atoms with van der Waals surface area (Å²) >= 11 is 3.19. The Morgan fingerprint density at radius 2 is 2.23 bits per heavy atom. The highest BCUT2D eigenvalue weighted by Crippen LogP contribution is 2.19. The van der Waals surface area contributed by atoms with Gasteiger partial charge in [0.05, 0.1) is 11.7 Å². The molecule has 0 aliphatic carbocycles. The molecule has 3 N–H and O–H groups in total. The van der Waals surface area contributed by atoms with Crippen LogP contribution in [0.3, 0.4) is 0 Å². The lowest BCUT2D eigenvalue weighted by molar-refractivity contribution is -0.122. The molecule has 0 bridgehead atoms. The molecule has 0 aliphatic heterocycles. The zero-order valence-corrected chi connectivity index (χ0v) is 14.0. The van der Waals surface area contributed by atoms with Crippen molar-refractivity contribution < 1.29 is 4.79 Å². The molecule has 6 nitrogen and oxygen atoms in total. The highest BCUT2D eigenvalue weighted by atomic mass is 32.2. The number of nitrogens with one attached hydrogen (secondary N) is 1. The van der Waals surface area contributed by atoms with Crippen LogP contribution < -0.4 is 11.1 Å². The number of nitrogens with zero attached hydrogens (tertiary/aromatic N) is 3. The van der Waals surface area contributed by atoms with Crippen molar-refractivity contribution in [2.45, 2.75) is 18.9 Å². The second-order valence-electron chi connectivity index (χ2n) is 4.65. The maximum Gasteiger partial charge on any atom is 0.236 e. The molecule has 0 radical (unpaired) electrons. The van der Waals surface area contributed by atoms with Crippen LogP contribution in [0.5, 0.6) is 0 Å². The van der Waals surface area contributed by atoms with Gasteiger partial charge in [-0.3, -0.25) is 4.79 Å². The van der Waals surface area contributed by atoms with E-state index in [1.807, 2.05) is 11.6 Å². The van der Waals surface area contributed by atoms with Gasteiger partial charge < -0.3 is 11.1 Å². The van der Waals surface area contributed by atoms with Crippen LogP contribution >= 0.6 is 23.1 Å². The van der Waals surface area contributed by atoms with Crippen molar-refractivity contribution in [3.63, 3.8) is 0 Å². The third kappa shape index (κ3) is 5.04. The Morgan fingerprint density at radius 1 is 1.45 bits per heavy atom. The summed E-state index contributed by atoms with van der Waals surface area (Å²) in [6.07, 6.45) is 6.75. The molecule has 0 saturated heterocycles. The van der Waals surface area contributed by atoms with E-state index in [0.717, 1.165) is 16.5 Å². The standard InChI is InChI=1S/C14H19N5OS2/c1-21-8-4-11(15)13(20)18-7-3-10-9-22-14(19-10)12-16-5-2-6-17-12/h2,5-6,9,11H,3-4,7-8,15H2,1H3,(H,18,20)/t11-/m0/s1. The zero-order valence-electron chi connectivity index (χ0n) is 12.4. The first-order chi connectivity index (χ1) is 10.7. The van der Waals surface area contributed by atoms with E-state index in [0.29, 0.717) is 25.2 Å². The van der Waals surface area contributed by atoms with Crippen molar-refractivity contribution >= 4 is 29.0 Å². The van der Waals surface area contributed by atoms with Crippen molar-refractivity contribution in [2.24, 2.45) is 5.73 Å². The van der Waals surface area contributed by atoms with E-state index in [1.54, 1.807) is 30.2 Å². The van der Waals surface area contributed by atoms with E-state index in [2.05, 4.69) is 20.3 Å². The van der Waals surface area contributed by atoms with E-state index in [1.165, 1.54) is 11.3 Å². The van der Waals surface area contributed by atoms with Crippen molar-refractivity contribution in [1.82, 2.24) is 20.3 Å². The molecule has 2 rings (SSSR count). The van der Waals surface area contributed by atoms with Crippen molar-refractivity contribution in [3.8, 4) is 10.8 Å². The number of rotatable bonds is 8. The lowest BCUT2D eigenvalue weighted by Gasteiger charge is -2.10. The Kier molecular flexibility index (Phi) is 6.75. The molecule has 118 valence electrons. The summed E-state index contributed by atoms with van der Waals surface area (Å²) in [5.41, 5.74) is 6.73. The third-order valence-electron chi connectivity index (χ3n) is 2.96. The fraction of sp³-hybridized carbons (Fsp3) is 0.429. The number of hydrogen-bond acceptors (Lipinski definition) is 7. The molecule has 22 heavy (non-hydrogen) atoms. The number of hydrogen-bond donors (Lipinski definition) is 2. The lowest BCUT2D eigenvalue weighted by Crippen LogP contribution is -2.41. The van der Waals surface area contributed by atoms with Crippen molar-refractivity contribution in [3.05, 3.63) is 29.5 Å². The minimum absolute atomic E-state index is 0.101. The van der Waals surface area contributed by atoms with Crippen LogP contribution in [0.1, 0.15) is 12.1 Å². The molecule has 2 aromatic rings. The number of aromatic nitrogens is 3. The van der Waals surface area contributed by atoms with Crippen LogP contribution in [-0.2, 0) is 11.2 Å². The quantitative estimate of drug-likeness (QED) is 0.755. The summed E-state index contributed by atoms with van der Waals surface area (Å²) in [7, 11) is 0. The van der Waals surface area contributed by atoms with E-state index in [9.17, 15) is 4.79 Å². The molecular formula is C14H19N5OS2. The number of carbonyl (C=O) groups excluding carboxylic acids is 1. The molecule has 0 spiro atoms. The molecule has 2 aromatic heterocycles. The van der Waals surface area contributed by atoms with Crippen LogP contribution in [0, 0.1) is 0 Å². The van der Waals surface area contributed by atoms with Gasteiger partial charge in [0, 0.05) is 30.7 Å². The van der Waals surface area contributed by atoms with Gasteiger partial charge in [0.2, 0.25) is 5.91 Å². The summed E-state index contributed by atoms with van der Waals surface area (Å²) in [5, 5.41) is 5.60. The summed E-state index contributed by atoms with van der Waals surface area (Å²) < 4.78 is 0. The first-order valence-electron chi connectivity index (χ1n) is 6.94. The molecule has 0 aliphatic rings. The summed E-state index contributed by atoms with van der Waals surface area (Å²) in [5.74, 6) is 1.42. The first-order valence-corrected chi connectivity index (χ1v) is 9.22. The van der Waals surface area contributed by atoms with Gasteiger partial charge in [0.15, 0.2) is 10.8 Å². The molecule has 0 saturated carbocycles. The highest BCUT2D eigenvalue weighted by Gasteiger charge is 2.12. The van der Waals surface area contributed by atoms with Gasteiger partial charge >= 0.3 is 0 Å². The molecule has 0 aromatic carbocycles. The maximum absolute atomic E-state index is 11.8. The minimum atomic E-state index is -0.434. The van der Waals surface area contributed by atoms with Gasteiger partial charge in [-0.05, 0) is 24.5 Å². The van der Waals surface area contributed by atoms with Crippen LogP contribution in [0.15, 0.2) is 23.8 Å². The van der Waals surface area contributed by atoms with E-state index in [4.69, 9.17) is 5.73 Å². The number of thiazole rings is 1. The largest absolute Gasteiger partial charge is 0.354 e. The van der Waals surface area contributed by atoms with Gasteiger partial charge in [-0.25, -0.2) is 15.0 Å². The van der Waals surface area contributed by atoms with Crippen LogP contribution in [-0.4, -0.2) is 45.5 Å². The SMILES string of the molecule is CSCC[C@H](N)C(=O)NCCc1csc(-c2ncccn2)n1. The molecule has 1 amide bonds. The van der Waals surface area contributed by atoms with Crippen LogP contribution in [0.25, 0.3) is 10.8 Å².